The molecule has 0 amide bonds. The monoisotopic (exact) mass is 263 g/mol. The van der Waals surface area contributed by atoms with E-state index in [9.17, 15) is 0 Å². The molecule has 0 bridgehead atoms. The van der Waals surface area contributed by atoms with E-state index in [4.69, 9.17) is 10.5 Å². The molecule has 2 N–H and O–H groups in total. The summed E-state index contributed by atoms with van der Waals surface area (Å²) in [4.78, 5) is 0. The van der Waals surface area contributed by atoms with E-state index in [0.717, 1.165) is 17.9 Å². The molecule has 2 aromatic rings. The van der Waals surface area contributed by atoms with Crippen LogP contribution in [0.25, 0.3) is 0 Å². The Labute approximate surface area is 114 Å². The number of ether oxygens (including phenoxy) is 1. The Morgan fingerprint density at radius 3 is 1.89 bits per heavy atom. The molecule has 0 aromatic heterocycles. The zero-order valence-electron chi connectivity index (χ0n) is 10.4. The van der Waals surface area contributed by atoms with Crippen LogP contribution in [0.1, 0.15) is 11.1 Å². The Morgan fingerprint density at radius 1 is 0.889 bits per heavy atom. The van der Waals surface area contributed by atoms with Gasteiger partial charge in [-0.25, -0.2) is 0 Å². The van der Waals surface area contributed by atoms with E-state index < -0.39 is 0 Å². The van der Waals surface area contributed by atoms with E-state index in [1.807, 2.05) is 36.4 Å². The van der Waals surface area contributed by atoms with Crippen LogP contribution in [0.5, 0.6) is 11.5 Å². The van der Waals surface area contributed by atoms with Gasteiger partial charge >= 0.3 is 0 Å². The van der Waals surface area contributed by atoms with Crippen LogP contribution < -0.4 is 10.5 Å². The van der Waals surface area contributed by atoms with Crippen LogP contribution in [0, 0.1) is 6.92 Å². The third-order valence-corrected chi connectivity index (χ3v) is 2.61. The first-order chi connectivity index (χ1) is 8.28. The lowest BCUT2D eigenvalue weighted by Gasteiger charge is -2.06. The van der Waals surface area contributed by atoms with Gasteiger partial charge in [0.1, 0.15) is 11.5 Å². The molecule has 0 aliphatic heterocycles. The Kier molecular flexibility index (Phi) is 5.69. The van der Waals surface area contributed by atoms with Gasteiger partial charge in [-0.05, 0) is 49.7 Å². The first kappa shape index (κ1) is 14.6. The Bertz CT molecular complexity index is 465. The van der Waals surface area contributed by atoms with Crippen molar-refractivity contribution < 1.29 is 4.74 Å². The van der Waals surface area contributed by atoms with Crippen LogP contribution in [0.15, 0.2) is 48.5 Å². The zero-order valence-corrected chi connectivity index (χ0v) is 11.2. The second-order valence-corrected chi connectivity index (χ2v) is 4.10. The lowest BCUT2D eigenvalue weighted by Crippen LogP contribution is -2.02. The SMILES string of the molecule is Cc1ccc(Oc2ccc(CCN)cc2)cc1.Cl. The zero-order chi connectivity index (χ0) is 12.1. The standard InChI is InChI=1S/C15H17NO.ClH/c1-12-2-6-14(7-3-12)17-15-8-4-13(5-9-15)10-11-16;/h2-9H,10-11,16H2,1H3;1H. The molecule has 0 saturated carbocycles. The van der Waals surface area contributed by atoms with Gasteiger partial charge in [0.15, 0.2) is 0 Å². The maximum Gasteiger partial charge on any atom is 0.127 e. The maximum absolute atomic E-state index is 5.74. The Hall–Kier alpha value is -1.51. The first-order valence-electron chi connectivity index (χ1n) is 5.81. The minimum absolute atomic E-state index is 0. The van der Waals surface area contributed by atoms with Crippen molar-refractivity contribution in [3.8, 4) is 11.5 Å². The fraction of sp³-hybridized carbons (Fsp3) is 0.200. The predicted molar refractivity (Wildman–Crippen MR) is 77.7 cm³/mol. The average molecular weight is 264 g/mol. The highest BCUT2D eigenvalue weighted by molar-refractivity contribution is 5.85. The molecule has 0 aliphatic rings. The molecular weight excluding hydrogens is 246 g/mol. The summed E-state index contributed by atoms with van der Waals surface area (Å²) in [7, 11) is 0. The van der Waals surface area contributed by atoms with E-state index in [1.165, 1.54) is 11.1 Å². The van der Waals surface area contributed by atoms with E-state index in [1.54, 1.807) is 0 Å². The Balaban J connectivity index is 0.00000162. The van der Waals surface area contributed by atoms with Gasteiger partial charge in [-0.3, -0.25) is 0 Å². The second-order valence-electron chi connectivity index (χ2n) is 4.10. The Morgan fingerprint density at radius 2 is 1.39 bits per heavy atom. The number of hydrogen-bond donors (Lipinski definition) is 1. The van der Waals surface area contributed by atoms with Crippen molar-refractivity contribution in [1.82, 2.24) is 0 Å². The summed E-state index contributed by atoms with van der Waals surface area (Å²) in [6, 6.07) is 16.1. The molecular formula is C15H18ClNO. The minimum Gasteiger partial charge on any atom is -0.457 e. The second kappa shape index (κ2) is 7.04. The molecule has 0 aliphatic carbocycles. The minimum atomic E-state index is 0. The van der Waals surface area contributed by atoms with Gasteiger partial charge in [-0.1, -0.05) is 29.8 Å². The number of benzene rings is 2. The smallest absolute Gasteiger partial charge is 0.127 e. The molecule has 0 saturated heterocycles. The highest BCUT2D eigenvalue weighted by Gasteiger charge is 1.97. The van der Waals surface area contributed by atoms with Gasteiger partial charge in [0, 0.05) is 0 Å². The van der Waals surface area contributed by atoms with E-state index in [-0.39, 0.29) is 12.4 Å². The normalized spacial score (nSPS) is 9.67. The average Bonchev–Trinajstić information content (AvgIpc) is 2.35. The summed E-state index contributed by atoms with van der Waals surface area (Å²) in [6.45, 7) is 2.74. The highest BCUT2D eigenvalue weighted by atomic mass is 35.5. The quantitative estimate of drug-likeness (QED) is 0.913. The number of nitrogens with two attached hydrogens (primary N) is 1. The van der Waals surface area contributed by atoms with Gasteiger partial charge in [0.2, 0.25) is 0 Å². The van der Waals surface area contributed by atoms with Crippen LogP contribution in [0.3, 0.4) is 0 Å². The predicted octanol–water partition coefficient (Wildman–Crippen LogP) is 3.71. The van der Waals surface area contributed by atoms with Crippen molar-refractivity contribution in [1.29, 1.82) is 0 Å². The van der Waals surface area contributed by atoms with E-state index >= 15 is 0 Å². The fourth-order valence-corrected chi connectivity index (χ4v) is 1.63. The van der Waals surface area contributed by atoms with Crippen LogP contribution in [-0.2, 0) is 6.42 Å². The summed E-state index contributed by atoms with van der Waals surface area (Å²) in [6.07, 6.45) is 0.908. The summed E-state index contributed by atoms with van der Waals surface area (Å²) >= 11 is 0. The van der Waals surface area contributed by atoms with Crippen LogP contribution in [0.2, 0.25) is 0 Å². The molecule has 0 heterocycles. The van der Waals surface area contributed by atoms with Crippen LogP contribution >= 0.6 is 12.4 Å². The molecule has 2 nitrogen and oxygen atoms in total. The number of halogens is 1. The molecule has 0 fully saturated rings. The van der Waals surface area contributed by atoms with Gasteiger partial charge in [-0.15, -0.1) is 12.4 Å². The van der Waals surface area contributed by atoms with Gasteiger partial charge in [-0.2, -0.15) is 0 Å². The summed E-state index contributed by atoms with van der Waals surface area (Å²) in [5, 5.41) is 0. The van der Waals surface area contributed by atoms with Gasteiger partial charge in [0.05, 0.1) is 0 Å². The summed E-state index contributed by atoms with van der Waals surface area (Å²) in [5.74, 6) is 1.72. The summed E-state index contributed by atoms with van der Waals surface area (Å²) in [5.41, 5.74) is 7.98. The first-order valence-corrected chi connectivity index (χ1v) is 5.81. The molecule has 18 heavy (non-hydrogen) atoms. The van der Waals surface area contributed by atoms with Crippen molar-refractivity contribution in [2.75, 3.05) is 6.54 Å². The molecule has 2 aromatic carbocycles. The van der Waals surface area contributed by atoms with Gasteiger partial charge in [0.25, 0.3) is 0 Å². The molecule has 0 unspecified atom stereocenters. The van der Waals surface area contributed by atoms with Crippen LogP contribution in [-0.4, -0.2) is 6.54 Å². The molecule has 0 atom stereocenters. The largest absolute Gasteiger partial charge is 0.457 e. The van der Waals surface area contributed by atoms with Crippen molar-refractivity contribution in [2.24, 2.45) is 5.73 Å². The van der Waals surface area contributed by atoms with E-state index in [0.29, 0.717) is 6.54 Å². The molecule has 2 rings (SSSR count). The third-order valence-electron chi connectivity index (χ3n) is 2.61. The van der Waals surface area contributed by atoms with Crippen molar-refractivity contribution in [3.63, 3.8) is 0 Å². The fourth-order valence-electron chi connectivity index (χ4n) is 1.63. The molecule has 3 heteroatoms. The maximum atomic E-state index is 5.74. The summed E-state index contributed by atoms with van der Waals surface area (Å²) < 4.78 is 5.74. The van der Waals surface area contributed by atoms with Gasteiger partial charge < -0.3 is 10.5 Å². The molecule has 0 spiro atoms. The number of aryl methyl sites for hydroxylation is 1. The molecule has 0 radical (unpaired) electrons. The van der Waals surface area contributed by atoms with Crippen molar-refractivity contribution in [2.45, 2.75) is 13.3 Å². The third kappa shape index (κ3) is 4.06. The van der Waals surface area contributed by atoms with Crippen LogP contribution in [0.4, 0.5) is 0 Å². The lowest BCUT2D eigenvalue weighted by atomic mass is 10.1. The van der Waals surface area contributed by atoms with E-state index in [2.05, 4.69) is 19.1 Å². The highest BCUT2D eigenvalue weighted by Crippen LogP contribution is 2.21. The van der Waals surface area contributed by atoms with Crippen molar-refractivity contribution >= 4 is 12.4 Å². The number of rotatable bonds is 4. The number of hydrogen-bond acceptors (Lipinski definition) is 2. The lowest BCUT2D eigenvalue weighted by molar-refractivity contribution is 0.482. The molecule has 96 valence electrons. The van der Waals surface area contributed by atoms with Crippen molar-refractivity contribution in [3.05, 3.63) is 59.7 Å². The topological polar surface area (TPSA) is 35.2 Å².